The van der Waals surface area contributed by atoms with Crippen molar-refractivity contribution in [2.45, 2.75) is 0 Å². The van der Waals surface area contributed by atoms with Crippen molar-refractivity contribution < 1.29 is 13.2 Å². The second kappa shape index (κ2) is 4.20. The van der Waals surface area contributed by atoms with Crippen LogP contribution in [-0.2, 0) is 0 Å². The van der Waals surface area contributed by atoms with Gasteiger partial charge >= 0.3 is 12.0 Å². The van der Waals surface area contributed by atoms with Gasteiger partial charge in [0.2, 0.25) is 0 Å². The Labute approximate surface area is 117 Å². The normalized spacial score (nSPS) is 11.3. The predicted octanol–water partition coefficient (Wildman–Crippen LogP) is 3.43. The Bertz CT molecular complexity index is 882. The fraction of sp³-hybridized carbons (Fsp3) is 0. The van der Waals surface area contributed by atoms with Gasteiger partial charge in [-0.3, -0.25) is 5.32 Å². The molecule has 0 radical (unpaired) electrons. The number of oxazole rings is 2. The second-order valence-electron chi connectivity index (χ2n) is 4.50. The molecule has 2 heterocycles. The summed E-state index contributed by atoms with van der Waals surface area (Å²) in [6, 6.07) is 9.65. The number of nitrogens with one attached hydrogen (secondary N) is 1. The van der Waals surface area contributed by atoms with Crippen molar-refractivity contribution in [3.63, 3.8) is 0 Å². The standard InChI is InChI=1S/C14H9FN4O2/c15-7-1-3-11-9(5-7)17-13(20-11)19-14-18-10-6-8(16)2-4-12(10)21-14/h1-6H,16H2,(H,17,18,19). The zero-order chi connectivity index (χ0) is 14.4. The van der Waals surface area contributed by atoms with Crippen LogP contribution in [0.25, 0.3) is 22.2 Å². The number of fused-ring (bicyclic) bond motifs is 2. The van der Waals surface area contributed by atoms with Gasteiger partial charge in [-0.05, 0) is 30.3 Å². The molecular formula is C14H9FN4O2. The van der Waals surface area contributed by atoms with Crippen molar-refractivity contribution in [2.75, 3.05) is 11.1 Å². The second-order valence-corrected chi connectivity index (χ2v) is 4.50. The maximum absolute atomic E-state index is 13.1. The summed E-state index contributed by atoms with van der Waals surface area (Å²) < 4.78 is 24.0. The minimum absolute atomic E-state index is 0.176. The SMILES string of the molecule is Nc1ccc2oc(Nc3nc4cc(F)ccc4o3)nc2c1. The lowest BCUT2D eigenvalue weighted by atomic mass is 10.3. The topological polar surface area (TPSA) is 90.1 Å². The lowest BCUT2D eigenvalue weighted by Gasteiger charge is -1.91. The maximum atomic E-state index is 13.1. The van der Waals surface area contributed by atoms with E-state index >= 15 is 0 Å². The van der Waals surface area contributed by atoms with Gasteiger partial charge < -0.3 is 14.6 Å². The molecule has 0 aliphatic heterocycles. The maximum Gasteiger partial charge on any atom is 0.303 e. The van der Waals surface area contributed by atoms with Gasteiger partial charge in [0.05, 0.1) is 0 Å². The molecule has 0 spiro atoms. The number of nitrogens with two attached hydrogens (primary N) is 1. The molecule has 0 aliphatic rings. The third kappa shape index (κ3) is 2.04. The molecule has 2 aromatic carbocycles. The Morgan fingerprint density at radius 2 is 1.52 bits per heavy atom. The van der Waals surface area contributed by atoms with Gasteiger partial charge in [0, 0.05) is 11.8 Å². The molecule has 4 rings (SSSR count). The molecule has 0 unspecified atom stereocenters. The number of aromatic nitrogens is 2. The van der Waals surface area contributed by atoms with E-state index in [1.165, 1.54) is 18.2 Å². The highest BCUT2D eigenvalue weighted by atomic mass is 19.1. The van der Waals surface area contributed by atoms with Gasteiger partial charge in [0.1, 0.15) is 16.9 Å². The van der Waals surface area contributed by atoms with Gasteiger partial charge in [-0.25, -0.2) is 4.39 Å². The van der Waals surface area contributed by atoms with E-state index in [2.05, 4.69) is 15.3 Å². The van der Waals surface area contributed by atoms with Crippen molar-refractivity contribution in [3.8, 4) is 0 Å². The highest BCUT2D eigenvalue weighted by molar-refractivity contribution is 5.79. The van der Waals surface area contributed by atoms with Gasteiger partial charge in [-0.1, -0.05) is 0 Å². The highest BCUT2D eigenvalue weighted by Gasteiger charge is 2.11. The Morgan fingerprint density at radius 1 is 0.905 bits per heavy atom. The summed E-state index contributed by atoms with van der Waals surface area (Å²) >= 11 is 0. The monoisotopic (exact) mass is 284 g/mol. The summed E-state index contributed by atoms with van der Waals surface area (Å²) in [4.78, 5) is 8.34. The van der Waals surface area contributed by atoms with Crippen LogP contribution in [0, 0.1) is 5.82 Å². The van der Waals surface area contributed by atoms with Gasteiger partial charge in [-0.15, -0.1) is 0 Å². The molecular weight excluding hydrogens is 275 g/mol. The van der Waals surface area contributed by atoms with Crippen LogP contribution in [-0.4, -0.2) is 9.97 Å². The molecule has 7 heteroatoms. The number of benzene rings is 2. The predicted molar refractivity (Wildman–Crippen MR) is 75.7 cm³/mol. The van der Waals surface area contributed by atoms with Crippen LogP contribution in [0.3, 0.4) is 0 Å². The fourth-order valence-electron chi connectivity index (χ4n) is 2.04. The van der Waals surface area contributed by atoms with Crippen molar-refractivity contribution in [1.29, 1.82) is 0 Å². The quantitative estimate of drug-likeness (QED) is 0.548. The Morgan fingerprint density at radius 3 is 2.24 bits per heavy atom. The van der Waals surface area contributed by atoms with E-state index < -0.39 is 0 Å². The van der Waals surface area contributed by atoms with Gasteiger partial charge in [0.25, 0.3) is 0 Å². The first-order chi connectivity index (χ1) is 10.2. The largest absolute Gasteiger partial charge is 0.423 e. The molecule has 0 saturated carbocycles. The zero-order valence-electron chi connectivity index (χ0n) is 10.6. The third-order valence-electron chi connectivity index (χ3n) is 2.98. The number of nitrogens with zero attached hydrogens (tertiary/aromatic N) is 2. The molecule has 6 nitrogen and oxygen atoms in total. The highest BCUT2D eigenvalue weighted by Crippen LogP contribution is 2.25. The van der Waals surface area contributed by atoms with Crippen LogP contribution in [0.4, 0.5) is 22.1 Å². The van der Waals surface area contributed by atoms with E-state index in [0.717, 1.165) is 0 Å². The number of rotatable bonds is 2. The Kier molecular flexibility index (Phi) is 2.34. The van der Waals surface area contributed by atoms with Crippen LogP contribution in [0.5, 0.6) is 0 Å². The summed E-state index contributed by atoms with van der Waals surface area (Å²) in [5.41, 5.74) is 8.38. The average Bonchev–Trinajstić information content (AvgIpc) is 3.00. The van der Waals surface area contributed by atoms with Crippen LogP contribution in [0.15, 0.2) is 45.2 Å². The molecule has 21 heavy (non-hydrogen) atoms. The van der Waals surface area contributed by atoms with Crippen LogP contribution >= 0.6 is 0 Å². The molecule has 0 bridgehead atoms. The molecule has 0 amide bonds. The van der Waals surface area contributed by atoms with E-state index in [1.54, 1.807) is 18.2 Å². The van der Waals surface area contributed by atoms with Crippen molar-refractivity contribution >= 4 is 39.9 Å². The van der Waals surface area contributed by atoms with E-state index in [4.69, 9.17) is 14.6 Å². The fourth-order valence-corrected chi connectivity index (χ4v) is 2.04. The van der Waals surface area contributed by atoms with Gasteiger partial charge in [0.15, 0.2) is 11.2 Å². The first kappa shape index (κ1) is 11.7. The van der Waals surface area contributed by atoms with Crippen molar-refractivity contribution in [3.05, 3.63) is 42.2 Å². The molecule has 2 aromatic heterocycles. The Balaban J connectivity index is 1.71. The van der Waals surface area contributed by atoms with Crippen LogP contribution < -0.4 is 11.1 Å². The van der Waals surface area contributed by atoms with Crippen LogP contribution in [0.2, 0.25) is 0 Å². The first-order valence-corrected chi connectivity index (χ1v) is 6.16. The van der Waals surface area contributed by atoms with E-state index in [-0.39, 0.29) is 17.8 Å². The summed E-state index contributed by atoms with van der Waals surface area (Å²) in [6.07, 6.45) is 0. The smallest absolute Gasteiger partial charge is 0.303 e. The molecule has 3 N–H and O–H groups in total. The van der Waals surface area contributed by atoms with Crippen molar-refractivity contribution in [2.24, 2.45) is 0 Å². The summed E-state index contributed by atoms with van der Waals surface area (Å²) in [6.45, 7) is 0. The summed E-state index contributed by atoms with van der Waals surface area (Å²) in [7, 11) is 0. The van der Waals surface area contributed by atoms with E-state index in [9.17, 15) is 4.39 Å². The molecule has 0 atom stereocenters. The molecule has 0 saturated heterocycles. The third-order valence-corrected chi connectivity index (χ3v) is 2.98. The van der Waals surface area contributed by atoms with Crippen molar-refractivity contribution in [1.82, 2.24) is 9.97 Å². The first-order valence-electron chi connectivity index (χ1n) is 6.16. The lowest BCUT2D eigenvalue weighted by molar-refractivity contribution is 0.590. The lowest BCUT2D eigenvalue weighted by Crippen LogP contribution is -1.89. The van der Waals surface area contributed by atoms with Gasteiger partial charge in [-0.2, -0.15) is 9.97 Å². The summed E-state index contributed by atoms with van der Waals surface area (Å²) in [5, 5.41) is 2.80. The van der Waals surface area contributed by atoms with E-state index in [0.29, 0.717) is 27.9 Å². The Hall–Kier alpha value is -3.09. The van der Waals surface area contributed by atoms with E-state index in [1.807, 2.05) is 0 Å². The molecule has 0 aliphatic carbocycles. The molecule has 0 fully saturated rings. The number of nitrogen functional groups attached to an aromatic ring is 1. The summed E-state index contributed by atoms with van der Waals surface area (Å²) in [5.74, 6) is -0.375. The zero-order valence-corrected chi connectivity index (χ0v) is 10.6. The molecule has 104 valence electrons. The number of halogens is 1. The number of hydrogen-bond acceptors (Lipinski definition) is 6. The molecule has 4 aromatic rings. The number of hydrogen-bond donors (Lipinski definition) is 2. The number of anilines is 3. The van der Waals surface area contributed by atoms with Crippen LogP contribution in [0.1, 0.15) is 0 Å². The average molecular weight is 284 g/mol. The minimum Gasteiger partial charge on any atom is -0.423 e. The minimum atomic E-state index is -0.375.